The average molecular weight is 355 g/mol. The third-order valence-corrected chi connectivity index (χ3v) is 5.20. The zero-order valence-corrected chi connectivity index (χ0v) is 14.9. The summed E-state index contributed by atoms with van der Waals surface area (Å²) in [6.07, 6.45) is 2.28. The van der Waals surface area contributed by atoms with Crippen molar-refractivity contribution in [3.05, 3.63) is 24.3 Å². The van der Waals surface area contributed by atoms with Gasteiger partial charge >= 0.3 is 0 Å². The van der Waals surface area contributed by atoms with E-state index in [9.17, 15) is 13.2 Å². The van der Waals surface area contributed by atoms with Crippen LogP contribution in [0.3, 0.4) is 0 Å². The molecule has 0 aromatic heterocycles. The summed E-state index contributed by atoms with van der Waals surface area (Å²) in [5, 5.41) is 5.79. The van der Waals surface area contributed by atoms with E-state index < -0.39 is 10.0 Å². The number of rotatable bonds is 8. The number of anilines is 1. The molecule has 1 aliphatic heterocycles. The molecule has 1 aliphatic rings. The number of ether oxygens (including phenoxy) is 1. The number of carbonyl (C=O) groups is 1. The maximum absolute atomic E-state index is 12.0. The van der Waals surface area contributed by atoms with E-state index in [1.165, 1.54) is 12.1 Å². The van der Waals surface area contributed by atoms with Gasteiger partial charge in [0.05, 0.1) is 17.5 Å². The summed E-state index contributed by atoms with van der Waals surface area (Å²) in [6, 6.07) is 5.92. The molecule has 3 N–H and O–H groups in total. The van der Waals surface area contributed by atoms with E-state index in [0.717, 1.165) is 19.4 Å². The van der Waals surface area contributed by atoms with Gasteiger partial charge in [-0.05, 0) is 51.0 Å². The Morgan fingerprint density at radius 2 is 2.00 bits per heavy atom. The molecule has 1 amide bonds. The summed E-state index contributed by atoms with van der Waals surface area (Å²) in [5.41, 5.74) is 0.558. The molecule has 0 aliphatic carbocycles. The van der Waals surface area contributed by atoms with E-state index in [1.807, 2.05) is 0 Å². The van der Waals surface area contributed by atoms with Crippen LogP contribution in [0.4, 0.5) is 5.69 Å². The van der Waals surface area contributed by atoms with Crippen molar-refractivity contribution < 1.29 is 17.9 Å². The molecule has 1 aromatic rings. The first-order chi connectivity index (χ1) is 11.4. The smallest absolute Gasteiger partial charge is 0.240 e. The second-order valence-electron chi connectivity index (χ2n) is 6.11. The second-order valence-corrected chi connectivity index (χ2v) is 7.83. The fourth-order valence-electron chi connectivity index (χ4n) is 2.45. The van der Waals surface area contributed by atoms with Crippen LogP contribution in [-0.4, -0.2) is 46.2 Å². The van der Waals surface area contributed by atoms with Crippen LogP contribution in [0.2, 0.25) is 0 Å². The molecule has 1 aromatic carbocycles. The number of hydrogen-bond donors (Lipinski definition) is 3. The Morgan fingerprint density at radius 3 is 2.58 bits per heavy atom. The fraction of sp³-hybridized carbons (Fsp3) is 0.562. The molecule has 1 fully saturated rings. The van der Waals surface area contributed by atoms with Crippen molar-refractivity contribution in [3.8, 4) is 0 Å². The van der Waals surface area contributed by atoms with Gasteiger partial charge in [-0.1, -0.05) is 0 Å². The van der Waals surface area contributed by atoms with Crippen LogP contribution < -0.4 is 15.4 Å². The first kappa shape index (κ1) is 18.9. The Labute approximate surface area is 143 Å². The van der Waals surface area contributed by atoms with Crippen molar-refractivity contribution in [3.63, 3.8) is 0 Å². The first-order valence-electron chi connectivity index (χ1n) is 8.11. The highest BCUT2D eigenvalue weighted by molar-refractivity contribution is 7.89. The lowest BCUT2D eigenvalue weighted by atomic mass is 10.2. The van der Waals surface area contributed by atoms with Gasteiger partial charge in [-0.15, -0.1) is 0 Å². The van der Waals surface area contributed by atoms with Crippen LogP contribution in [0.1, 0.15) is 26.7 Å². The predicted octanol–water partition coefficient (Wildman–Crippen LogP) is 1.08. The zero-order chi connectivity index (χ0) is 17.6. The molecule has 134 valence electrons. The Morgan fingerprint density at radius 1 is 1.29 bits per heavy atom. The zero-order valence-electron chi connectivity index (χ0n) is 14.0. The molecule has 1 heterocycles. The minimum atomic E-state index is -3.52. The highest BCUT2D eigenvalue weighted by atomic mass is 32.2. The minimum absolute atomic E-state index is 0.172. The van der Waals surface area contributed by atoms with Crippen LogP contribution >= 0.6 is 0 Å². The number of carbonyl (C=O) groups excluding carboxylic acids is 1. The molecule has 1 atom stereocenters. The van der Waals surface area contributed by atoms with Gasteiger partial charge < -0.3 is 15.4 Å². The summed E-state index contributed by atoms with van der Waals surface area (Å²) in [7, 11) is -3.52. The van der Waals surface area contributed by atoms with Gasteiger partial charge in [0.15, 0.2) is 0 Å². The number of benzene rings is 1. The molecule has 2 rings (SSSR count). The van der Waals surface area contributed by atoms with Crippen molar-refractivity contribution in [1.82, 2.24) is 10.0 Å². The van der Waals surface area contributed by atoms with Gasteiger partial charge in [-0.3, -0.25) is 4.79 Å². The summed E-state index contributed by atoms with van der Waals surface area (Å²) < 4.78 is 32.0. The van der Waals surface area contributed by atoms with Crippen molar-refractivity contribution in [2.24, 2.45) is 0 Å². The summed E-state index contributed by atoms with van der Waals surface area (Å²) in [5.74, 6) is -0.177. The molecule has 0 bridgehead atoms. The Hall–Kier alpha value is -1.48. The molecule has 0 saturated carbocycles. The molecule has 1 unspecified atom stereocenters. The average Bonchev–Trinajstić information content (AvgIpc) is 3.00. The quantitative estimate of drug-likeness (QED) is 0.648. The van der Waals surface area contributed by atoms with Gasteiger partial charge in [0.1, 0.15) is 0 Å². The van der Waals surface area contributed by atoms with E-state index in [1.54, 1.807) is 26.0 Å². The molecule has 24 heavy (non-hydrogen) atoms. The van der Waals surface area contributed by atoms with Gasteiger partial charge in [0, 0.05) is 24.9 Å². The first-order valence-corrected chi connectivity index (χ1v) is 9.60. The Kier molecular flexibility index (Phi) is 6.73. The van der Waals surface area contributed by atoms with E-state index in [2.05, 4.69) is 15.4 Å². The van der Waals surface area contributed by atoms with Crippen LogP contribution in [0.5, 0.6) is 0 Å². The Balaban J connectivity index is 1.81. The summed E-state index contributed by atoms with van der Waals surface area (Å²) in [4.78, 5) is 12.0. The van der Waals surface area contributed by atoms with E-state index in [-0.39, 0.29) is 29.5 Å². The fourth-order valence-corrected chi connectivity index (χ4v) is 3.70. The number of nitrogens with one attached hydrogen (secondary N) is 3. The molecule has 7 nitrogen and oxygen atoms in total. The van der Waals surface area contributed by atoms with E-state index in [4.69, 9.17) is 4.74 Å². The normalized spacial score (nSPS) is 18.0. The monoisotopic (exact) mass is 355 g/mol. The SMILES string of the molecule is CC(C)NS(=O)(=O)c1ccc(NC(=O)CNCC2CCCO2)cc1. The van der Waals surface area contributed by atoms with Gasteiger partial charge in [-0.2, -0.15) is 0 Å². The highest BCUT2D eigenvalue weighted by Gasteiger charge is 2.16. The predicted molar refractivity (Wildman–Crippen MR) is 92.4 cm³/mol. The standard InChI is InChI=1S/C16H25N3O4S/c1-12(2)19-24(21,22)15-7-5-13(6-8-15)18-16(20)11-17-10-14-4-3-9-23-14/h5-8,12,14,17,19H,3-4,9-11H2,1-2H3,(H,18,20). The largest absolute Gasteiger partial charge is 0.377 e. The van der Waals surface area contributed by atoms with E-state index in [0.29, 0.717) is 12.2 Å². The maximum atomic E-state index is 12.0. The lowest BCUT2D eigenvalue weighted by Crippen LogP contribution is -2.33. The van der Waals surface area contributed by atoms with E-state index >= 15 is 0 Å². The highest BCUT2D eigenvalue weighted by Crippen LogP contribution is 2.14. The minimum Gasteiger partial charge on any atom is -0.377 e. The van der Waals surface area contributed by atoms with Crippen LogP contribution in [0.15, 0.2) is 29.2 Å². The van der Waals surface area contributed by atoms with Crippen LogP contribution in [0.25, 0.3) is 0 Å². The number of hydrogen-bond acceptors (Lipinski definition) is 5. The lowest BCUT2D eigenvalue weighted by molar-refractivity contribution is -0.115. The lowest BCUT2D eigenvalue weighted by Gasteiger charge is -2.12. The van der Waals surface area contributed by atoms with Crippen molar-refractivity contribution in [2.45, 2.75) is 43.7 Å². The van der Waals surface area contributed by atoms with Gasteiger partial charge in [0.2, 0.25) is 15.9 Å². The Bertz CT molecular complexity index is 638. The number of amides is 1. The maximum Gasteiger partial charge on any atom is 0.240 e. The topological polar surface area (TPSA) is 96.5 Å². The summed E-state index contributed by atoms with van der Waals surface area (Å²) >= 11 is 0. The molecule has 0 radical (unpaired) electrons. The second kappa shape index (κ2) is 8.57. The molecule has 1 saturated heterocycles. The van der Waals surface area contributed by atoms with Crippen molar-refractivity contribution in [1.29, 1.82) is 0 Å². The van der Waals surface area contributed by atoms with Crippen molar-refractivity contribution >= 4 is 21.6 Å². The molecule has 0 spiro atoms. The van der Waals surface area contributed by atoms with Crippen molar-refractivity contribution in [2.75, 3.05) is 25.0 Å². The van der Waals surface area contributed by atoms with Crippen LogP contribution in [-0.2, 0) is 19.6 Å². The number of sulfonamides is 1. The van der Waals surface area contributed by atoms with Gasteiger partial charge in [0.25, 0.3) is 0 Å². The third kappa shape index (κ3) is 5.86. The third-order valence-electron chi connectivity index (χ3n) is 3.52. The summed E-state index contributed by atoms with van der Waals surface area (Å²) in [6.45, 7) is 5.16. The molecular formula is C16H25N3O4S. The molecule has 8 heteroatoms. The van der Waals surface area contributed by atoms with Gasteiger partial charge in [-0.25, -0.2) is 13.1 Å². The molecular weight excluding hydrogens is 330 g/mol. The van der Waals surface area contributed by atoms with Crippen LogP contribution in [0, 0.1) is 0 Å².